The van der Waals surface area contributed by atoms with Crippen molar-refractivity contribution >= 4 is 50.7 Å². The van der Waals surface area contributed by atoms with Gasteiger partial charge in [0.2, 0.25) is 0 Å². The Morgan fingerprint density at radius 3 is 2.33 bits per heavy atom. The lowest BCUT2D eigenvalue weighted by atomic mass is 10.0. The van der Waals surface area contributed by atoms with Gasteiger partial charge in [-0.3, -0.25) is 0 Å². The van der Waals surface area contributed by atoms with Gasteiger partial charge >= 0.3 is 0 Å². The maximum Gasteiger partial charge on any atom is 0.123 e. The molecule has 2 aromatic rings. The first-order chi connectivity index (χ1) is 8.54. The van der Waals surface area contributed by atoms with Crippen molar-refractivity contribution in [2.45, 2.75) is 5.33 Å². The third-order valence-corrected chi connectivity index (χ3v) is 4.44. The number of benzene rings is 2. The molecule has 0 saturated heterocycles. The van der Waals surface area contributed by atoms with E-state index in [0.29, 0.717) is 26.5 Å². The predicted octanol–water partition coefficient (Wildman–Crippen LogP) is 6.35. The average Bonchev–Trinajstić information content (AvgIpc) is 2.36. The van der Waals surface area contributed by atoms with Crippen LogP contribution in [0.4, 0.5) is 4.39 Å². The zero-order valence-electron chi connectivity index (χ0n) is 8.98. The summed E-state index contributed by atoms with van der Waals surface area (Å²) in [6.45, 7) is 0. The highest BCUT2D eigenvalue weighted by atomic mass is 79.9. The summed E-state index contributed by atoms with van der Waals surface area (Å²) in [5.74, 6) is -0.322. The van der Waals surface area contributed by atoms with E-state index in [4.69, 9.17) is 34.8 Å². The molecule has 2 aromatic carbocycles. The number of halogens is 5. The van der Waals surface area contributed by atoms with Crippen LogP contribution in [-0.2, 0) is 5.33 Å². The molecular formula is C13H7BrCl3F. The minimum atomic E-state index is -0.322. The zero-order valence-corrected chi connectivity index (χ0v) is 12.8. The van der Waals surface area contributed by atoms with E-state index >= 15 is 0 Å². The van der Waals surface area contributed by atoms with E-state index in [-0.39, 0.29) is 10.8 Å². The number of rotatable bonds is 2. The first-order valence-corrected chi connectivity index (χ1v) is 7.28. The van der Waals surface area contributed by atoms with Crippen molar-refractivity contribution < 1.29 is 4.39 Å². The second-order valence-electron chi connectivity index (χ2n) is 3.66. The van der Waals surface area contributed by atoms with Crippen molar-refractivity contribution in [3.8, 4) is 11.1 Å². The van der Waals surface area contributed by atoms with Gasteiger partial charge in [-0.15, -0.1) is 0 Å². The Morgan fingerprint density at radius 1 is 0.944 bits per heavy atom. The average molecular weight is 368 g/mol. The van der Waals surface area contributed by atoms with Gasteiger partial charge in [-0.25, -0.2) is 4.39 Å². The van der Waals surface area contributed by atoms with Crippen LogP contribution in [-0.4, -0.2) is 0 Å². The Balaban J connectivity index is 2.69. The topological polar surface area (TPSA) is 0 Å². The highest BCUT2D eigenvalue weighted by molar-refractivity contribution is 9.08. The third kappa shape index (κ3) is 2.67. The van der Waals surface area contributed by atoms with E-state index in [1.54, 1.807) is 18.2 Å². The lowest BCUT2D eigenvalue weighted by Crippen LogP contribution is -1.90. The Kier molecular flexibility index (Phi) is 4.54. The number of hydrogen-bond acceptors (Lipinski definition) is 0. The summed E-state index contributed by atoms with van der Waals surface area (Å²) in [7, 11) is 0. The molecule has 0 aliphatic rings. The van der Waals surface area contributed by atoms with E-state index in [2.05, 4.69) is 15.9 Å². The Morgan fingerprint density at radius 2 is 1.67 bits per heavy atom. The second-order valence-corrected chi connectivity index (χ2v) is 5.38. The Hall–Kier alpha value is -0.280. The Bertz CT molecular complexity index is 599. The second kappa shape index (κ2) is 5.79. The molecule has 0 unspecified atom stereocenters. The maximum atomic E-state index is 13.4. The molecule has 0 amide bonds. The molecule has 0 radical (unpaired) electrons. The summed E-state index contributed by atoms with van der Waals surface area (Å²) in [4.78, 5) is 0. The minimum absolute atomic E-state index is 0.278. The quantitative estimate of drug-likeness (QED) is 0.428. The molecule has 0 N–H and O–H groups in total. The summed E-state index contributed by atoms with van der Waals surface area (Å²) in [5.41, 5.74) is 2.30. The largest absolute Gasteiger partial charge is 0.207 e. The number of hydrogen-bond donors (Lipinski definition) is 0. The first kappa shape index (κ1) is 14.1. The summed E-state index contributed by atoms with van der Waals surface area (Å²) in [5, 5.41) is 1.58. The molecule has 0 spiro atoms. The molecule has 0 nitrogen and oxygen atoms in total. The molecule has 2 rings (SSSR count). The van der Waals surface area contributed by atoms with Gasteiger partial charge in [0.05, 0.1) is 15.1 Å². The highest BCUT2D eigenvalue weighted by Crippen LogP contribution is 2.39. The molecule has 0 fully saturated rings. The molecule has 0 atom stereocenters. The molecule has 0 aliphatic heterocycles. The molecule has 94 valence electrons. The molecule has 5 heteroatoms. The lowest BCUT2D eigenvalue weighted by Gasteiger charge is -2.11. The third-order valence-electron chi connectivity index (χ3n) is 2.54. The van der Waals surface area contributed by atoms with Crippen LogP contribution in [0.15, 0.2) is 30.3 Å². The number of alkyl halides is 1. The van der Waals surface area contributed by atoms with Gasteiger partial charge in [0, 0.05) is 10.9 Å². The first-order valence-electron chi connectivity index (χ1n) is 5.03. The van der Waals surface area contributed by atoms with Gasteiger partial charge in [-0.05, 0) is 29.3 Å². The van der Waals surface area contributed by atoms with Crippen LogP contribution in [0.1, 0.15) is 5.56 Å². The van der Waals surface area contributed by atoms with Crippen molar-refractivity contribution in [2.75, 3.05) is 0 Å². The van der Waals surface area contributed by atoms with E-state index in [0.717, 1.165) is 5.56 Å². The molecule has 0 aliphatic carbocycles. The van der Waals surface area contributed by atoms with Crippen LogP contribution < -0.4 is 0 Å². The zero-order chi connectivity index (χ0) is 13.3. The highest BCUT2D eigenvalue weighted by Gasteiger charge is 2.13. The van der Waals surface area contributed by atoms with Crippen LogP contribution in [0.3, 0.4) is 0 Å². The molecule has 0 heterocycles. The van der Waals surface area contributed by atoms with Crippen molar-refractivity contribution in [3.63, 3.8) is 0 Å². The van der Waals surface area contributed by atoms with E-state index in [9.17, 15) is 4.39 Å². The van der Waals surface area contributed by atoms with Gasteiger partial charge in [0.1, 0.15) is 5.82 Å². The van der Waals surface area contributed by atoms with Crippen LogP contribution in [0.2, 0.25) is 15.1 Å². The molecular weight excluding hydrogens is 361 g/mol. The normalized spacial score (nSPS) is 10.7. The Labute approximate surface area is 128 Å². The minimum Gasteiger partial charge on any atom is -0.207 e. The van der Waals surface area contributed by atoms with Crippen molar-refractivity contribution in [1.29, 1.82) is 0 Å². The summed E-state index contributed by atoms with van der Waals surface area (Å²) in [6.07, 6.45) is 0. The fourth-order valence-electron chi connectivity index (χ4n) is 1.65. The molecule has 0 aromatic heterocycles. The standard InChI is InChI=1S/C13H7BrCl3F/c14-6-7-1-2-8(18)5-10(7)9-3-4-11(15)13(17)12(9)16/h1-5H,6H2. The lowest BCUT2D eigenvalue weighted by molar-refractivity contribution is 0.628. The van der Waals surface area contributed by atoms with Gasteiger partial charge in [0.15, 0.2) is 0 Å². The van der Waals surface area contributed by atoms with Gasteiger partial charge in [-0.1, -0.05) is 62.9 Å². The predicted molar refractivity (Wildman–Crippen MR) is 79.5 cm³/mol. The van der Waals surface area contributed by atoms with Gasteiger partial charge < -0.3 is 0 Å². The summed E-state index contributed by atoms with van der Waals surface area (Å²) < 4.78 is 13.4. The van der Waals surface area contributed by atoms with Crippen LogP contribution in [0.25, 0.3) is 11.1 Å². The van der Waals surface area contributed by atoms with Crippen LogP contribution in [0, 0.1) is 5.82 Å². The van der Waals surface area contributed by atoms with E-state index < -0.39 is 0 Å². The monoisotopic (exact) mass is 366 g/mol. The van der Waals surface area contributed by atoms with Crippen molar-refractivity contribution in [1.82, 2.24) is 0 Å². The van der Waals surface area contributed by atoms with Gasteiger partial charge in [0.25, 0.3) is 0 Å². The molecule has 18 heavy (non-hydrogen) atoms. The molecule has 0 bridgehead atoms. The van der Waals surface area contributed by atoms with Gasteiger partial charge in [-0.2, -0.15) is 0 Å². The van der Waals surface area contributed by atoms with E-state index in [1.807, 2.05) is 0 Å². The van der Waals surface area contributed by atoms with Crippen LogP contribution in [0.5, 0.6) is 0 Å². The summed E-state index contributed by atoms with van der Waals surface area (Å²) >= 11 is 21.4. The maximum absolute atomic E-state index is 13.4. The van der Waals surface area contributed by atoms with Crippen molar-refractivity contribution in [3.05, 3.63) is 56.8 Å². The molecule has 0 saturated carbocycles. The van der Waals surface area contributed by atoms with Crippen LogP contribution >= 0.6 is 50.7 Å². The fraction of sp³-hybridized carbons (Fsp3) is 0.0769. The SMILES string of the molecule is Fc1ccc(CBr)c(-c2ccc(Cl)c(Cl)c2Cl)c1. The summed E-state index contributed by atoms with van der Waals surface area (Å²) in [6, 6.07) is 7.93. The van der Waals surface area contributed by atoms with Crippen molar-refractivity contribution in [2.24, 2.45) is 0 Å². The smallest absolute Gasteiger partial charge is 0.123 e. The van der Waals surface area contributed by atoms with E-state index in [1.165, 1.54) is 12.1 Å². The fourth-order valence-corrected chi connectivity index (χ4v) is 2.78.